The fourth-order valence-electron chi connectivity index (χ4n) is 3.96. The summed E-state index contributed by atoms with van der Waals surface area (Å²) >= 11 is 6.03. The Balaban J connectivity index is 1.45. The van der Waals surface area contributed by atoms with Gasteiger partial charge in [-0.1, -0.05) is 30.2 Å². The lowest BCUT2D eigenvalue weighted by Gasteiger charge is -2.46. The molecule has 0 spiro atoms. The van der Waals surface area contributed by atoms with E-state index in [4.69, 9.17) is 16.3 Å². The van der Waals surface area contributed by atoms with Crippen LogP contribution >= 0.6 is 11.6 Å². The Hall–Kier alpha value is -2.34. The second kappa shape index (κ2) is 7.35. The average molecular weight is 387 g/mol. The van der Waals surface area contributed by atoms with Crippen LogP contribution in [0.25, 0.3) is 0 Å². The molecule has 0 atom stereocenters. The van der Waals surface area contributed by atoms with Crippen LogP contribution in [0.5, 0.6) is 5.88 Å². The summed E-state index contributed by atoms with van der Waals surface area (Å²) < 4.78 is 5.16. The summed E-state index contributed by atoms with van der Waals surface area (Å²) in [4.78, 5) is 26.1. The van der Waals surface area contributed by atoms with Crippen LogP contribution in [-0.4, -0.2) is 54.1 Å². The number of halogens is 1. The van der Waals surface area contributed by atoms with Gasteiger partial charge in [0, 0.05) is 31.2 Å². The third-order valence-electron chi connectivity index (χ3n) is 5.71. The molecule has 142 valence electrons. The smallest absolute Gasteiger partial charge is 0.233 e. The van der Waals surface area contributed by atoms with Crippen molar-refractivity contribution < 1.29 is 9.53 Å². The van der Waals surface area contributed by atoms with E-state index in [1.165, 1.54) is 0 Å². The van der Waals surface area contributed by atoms with Crippen LogP contribution in [0.3, 0.4) is 0 Å². The lowest BCUT2D eigenvalue weighted by Crippen LogP contribution is -2.56. The van der Waals surface area contributed by atoms with Crippen molar-refractivity contribution in [2.45, 2.75) is 24.7 Å². The number of rotatable bonds is 4. The van der Waals surface area contributed by atoms with Gasteiger partial charge in [-0.15, -0.1) is 0 Å². The number of carbonyl (C=O) groups is 1. The van der Waals surface area contributed by atoms with Gasteiger partial charge >= 0.3 is 0 Å². The molecule has 6 nitrogen and oxygen atoms in total. The minimum atomic E-state index is -0.372. The van der Waals surface area contributed by atoms with Gasteiger partial charge in [0.05, 0.1) is 24.9 Å². The number of amides is 1. The number of hydrogen-bond donors (Lipinski definition) is 0. The highest BCUT2D eigenvalue weighted by Crippen LogP contribution is 2.45. The number of hydrogen-bond acceptors (Lipinski definition) is 5. The van der Waals surface area contributed by atoms with Crippen LogP contribution in [0.4, 0.5) is 5.82 Å². The van der Waals surface area contributed by atoms with E-state index >= 15 is 0 Å². The number of ether oxygens (including phenoxy) is 1. The fraction of sp³-hybridized carbons (Fsp3) is 0.450. The molecular formula is C20H23ClN4O2. The molecule has 2 fully saturated rings. The second-order valence-corrected chi connectivity index (χ2v) is 7.58. The lowest BCUT2D eigenvalue weighted by molar-refractivity contribution is -0.141. The molecule has 7 heteroatoms. The topological polar surface area (TPSA) is 58.6 Å². The van der Waals surface area contributed by atoms with E-state index < -0.39 is 0 Å². The number of aromatic nitrogens is 2. The Bertz CT molecular complexity index is 815. The van der Waals surface area contributed by atoms with Gasteiger partial charge in [-0.05, 0) is 30.5 Å². The van der Waals surface area contributed by atoms with E-state index in [-0.39, 0.29) is 11.3 Å². The lowest BCUT2D eigenvalue weighted by atomic mass is 9.63. The van der Waals surface area contributed by atoms with Crippen molar-refractivity contribution in [1.82, 2.24) is 14.9 Å². The number of benzene rings is 1. The normalized spacial score (nSPS) is 18.7. The SMILES string of the molecule is COc1cncc(N2CCN(C(=O)C3(c4ccc(Cl)cc4)CCC3)CC2)n1. The van der Waals surface area contributed by atoms with Gasteiger partial charge in [0.1, 0.15) is 0 Å². The molecule has 1 aromatic carbocycles. The molecular weight excluding hydrogens is 364 g/mol. The molecule has 4 rings (SSSR count). The molecule has 0 bridgehead atoms. The first-order chi connectivity index (χ1) is 13.1. The molecule has 0 radical (unpaired) electrons. The zero-order chi connectivity index (χ0) is 18.9. The quantitative estimate of drug-likeness (QED) is 0.808. The zero-order valence-electron chi connectivity index (χ0n) is 15.4. The largest absolute Gasteiger partial charge is 0.480 e. The molecule has 1 saturated carbocycles. The van der Waals surface area contributed by atoms with Gasteiger partial charge < -0.3 is 14.5 Å². The Kier molecular flexibility index (Phi) is 4.91. The van der Waals surface area contributed by atoms with Crippen LogP contribution < -0.4 is 9.64 Å². The van der Waals surface area contributed by atoms with Crippen LogP contribution in [0.1, 0.15) is 24.8 Å². The molecule has 1 saturated heterocycles. The van der Waals surface area contributed by atoms with Crippen LogP contribution in [0, 0.1) is 0 Å². The maximum atomic E-state index is 13.4. The van der Waals surface area contributed by atoms with Gasteiger partial charge in [-0.25, -0.2) is 0 Å². The summed E-state index contributed by atoms with van der Waals surface area (Å²) in [6.45, 7) is 2.86. The summed E-state index contributed by atoms with van der Waals surface area (Å²) in [6.07, 6.45) is 6.24. The zero-order valence-corrected chi connectivity index (χ0v) is 16.2. The summed E-state index contributed by atoms with van der Waals surface area (Å²) in [6, 6.07) is 7.76. The van der Waals surface area contributed by atoms with Gasteiger partial charge in [-0.2, -0.15) is 4.98 Å². The standard InChI is InChI=1S/C20H23ClN4O2/c1-27-18-14-22-13-17(23-18)24-9-11-25(12-10-24)19(26)20(7-2-8-20)15-3-5-16(21)6-4-15/h3-6,13-14H,2,7-12H2,1H3. The third-order valence-corrected chi connectivity index (χ3v) is 5.97. The number of nitrogens with zero attached hydrogens (tertiary/aromatic N) is 4. The third kappa shape index (κ3) is 3.34. The first kappa shape index (κ1) is 18.0. The van der Waals surface area contributed by atoms with Gasteiger partial charge in [0.25, 0.3) is 0 Å². The first-order valence-electron chi connectivity index (χ1n) is 9.29. The molecule has 1 amide bonds. The van der Waals surface area contributed by atoms with Crippen molar-refractivity contribution in [2.75, 3.05) is 38.2 Å². The van der Waals surface area contributed by atoms with E-state index in [9.17, 15) is 4.79 Å². The molecule has 0 unspecified atom stereocenters. The van der Waals surface area contributed by atoms with Gasteiger partial charge in [0.15, 0.2) is 5.82 Å². The van der Waals surface area contributed by atoms with E-state index in [1.54, 1.807) is 19.5 Å². The molecule has 2 aliphatic rings. The minimum Gasteiger partial charge on any atom is -0.480 e. The molecule has 27 heavy (non-hydrogen) atoms. The predicted octanol–water partition coefficient (Wildman–Crippen LogP) is 2.91. The average Bonchev–Trinajstić information content (AvgIpc) is 2.68. The molecule has 1 aromatic heterocycles. The fourth-order valence-corrected chi connectivity index (χ4v) is 4.08. The highest BCUT2D eigenvalue weighted by atomic mass is 35.5. The van der Waals surface area contributed by atoms with Crippen LogP contribution in [0.15, 0.2) is 36.7 Å². The van der Waals surface area contributed by atoms with E-state index in [0.717, 1.165) is 43.7 Å². The molecule has 0 N–H and O–H groups in total. The maximum Gasteiger partial charge on any atom is 0.233 e. The predicted molar refractivity (Wildman–Crippen MR) is 104 cm³/mol. The summed E-state index contributed by atoms with van der Waals surface area (Å²) in [5.41, 5.74) is 0.715. The van der Waals surface area contributed by atoms with Crippen LogP contribution in [-0.2, 0) is 10.2 Å². The number of piperazine rings is 1. The Morgan fingerprint density at radius 2 is 1.81 bits per heavy atom. The number of anilines is 1. The highest BCUT2D eigenvalue weighted by Gasteiger charge is 2.48. The van der Waals surface area contributed by atoms with Crippen molar-refractivity contribution >= 4 is 23.3 Å². The van der Waals surface area contributed by atoms with E-state index in [0.29, 0.717) is 24.0 Å². The monoisotopic (exact) mass is 386 g/mol. The van der Waals surface area contributed by atoms with Crippen molar-refractivity contribution in [1.29, 1.82) is 0 Å². The molecule has 2 aromatic rings. The molecule has 1 aliphatic heterocycles. The molecule has 1 aliphatic carbocycles. The van der Waals surface area contributed by atoms with Crippen molar-refractivity contribution in [3.8, 4) is 5.88 Å². The Morgan fingerprint density at radius 1 is 1.11 bits per heavy atom. The second-order valence-electron chi connectivity index (χ2n) is 7.14. The Labute approximate surface area is 164 Å². The first-order valence-corrected chi connectivity index (χ1v) is 9.67. The van der Waals surface area contributed by atoms with Crippen LogP contribution in [0.2, 0.25) is 5.02 Å². The van der Waals surface area contributed by atoms with Crippen molar-refractivity contribution in [3.63, 3.8) is 0 Å². The number of carbonyl (C=O) groups excluding carboxylic acids is 1. The van der Waals surface area contributed by atoms with E-state index in [2.05, 4.69) is 14.9 Å². The maximum absolute atomic E-state index is 13.4. The minimum absolute atomic E-state index is 0.243. The van der Waals surface area contributed by atoms with E-state index in [1.807, 2.05) is 29.2 Å². The number of methoxy groups -OCH3 is 1. The summed E-state index contributed by atoms with van der Waals surface area (Å²) in [7, 11) is 1.58. The summed E-state index contributed by atoms with van der Waals surface area (Å²) in [5.74, 6) is 1.53. The highest BCUT2D eigenvalue weighted by molar-refractivity contribution is 6.30. The van der Waals surface area contributed by atoms with Crippen molar-refractivity contribution in [3.05, 3.63) is 47.2 Å². The summed E-state index contributed by atoms with van der Waals surface area (Å²) in [5, 5.41) is 0.702. The van der Waals surface area contributed by atoms with Crippen molar-refractivity contribution in [2.24, 2.45) is 0 Å². The van der Waals surface area contributed by atoms with Gasteiger partial charge in [0.2, 0.25) is 11.8 Å². The molecule has 2 heterocycles. The Morgan fingerprint density at radius 3 is 2.41 bits per heavy atom. The van der Waals surface area contributed by atoms with Gasteiger partial charge in [-0.3, -0.25) is 9.78 Å².